The number of hydrogen-bond acceptors (Lipinski definition) is 5. The summed E-state index contributed by atoms with van der Waals surface area (Å²) < 4.78 is 5.26. The highest BCUT2D eigenvalue weighted by atomic mass is 16.5. The third-order valence-corrected chi connectivity index (χ3v) is 3.37. The molecule has 0 radical (unpaired) electrons. The van der Waals surface area contributed by atoms with E-state index in [0.717, 1.165) is 0 Å². The minimum atomic E-state index is -0.442. The van der Waals surface area contributed by atoms with Gasteiger partial charge in [-0.25, -0.2) is 4.98 Å². The Morgan fingerprint density at radius 2 is 1.84 bits per heavy atom. The van der Waals surface area contributed by atoms with Gasteiger partial charge in [-0.15, -0.1) is 0 Å². The molecule has 0 spiro atoms. The Labute approximate surface area is 143 Å². The number of nitrogens with one attached hydrogen (secondary N) is 3. The van der Waals surface area contributed by atoms with Crippen LogP contribution in [0.5, 0.6) is 5.75 Å². The van der Waals surface area contributed by atoms with E-state index in [1.165, 1.54) is 13.4 Å². The quantitative estimate of drug-likeness (QED) is 0.662. The fourth-order valence-electron chi connectivity index (χ4n) is 2.17. The average molecular weight is 337 g/mol. The highest BCUT2D eigenvalue weighted by molar-refractivity contribution is 6.06. The maximum atomic E-state index is 12.3. The predicted molar refractivity (Wildman–Crippen MR) is 91.7 cm³/mol. The molecule has 8 heteroatoms. The number of rotatable bonds is 5. The van der Waals surface area contributed by atoms with Crippen LogP contribution in [0.3, 0.4) is 0 Å². The Kier molecular flexibility index (Phi) is 4.70. The Morgan fingerprint density at radius 3 is 2.52 bits per heavy atom. The van der Waals surface area contributed by atoms with Crippen molar-refractivity contribution in [2.24, 2.45) is 0 Å². The van der Waals surface area contributed by atoms with E-state index < -0.39 is 5.91 Å². The molecule has 0 fully saturated rings. The van der Waals surface area contributed by atoms with Crippen LogP contribution in [0, 0.1) is 0 Å². The predicted octanol–water partition coefficient (Wildman–Crippen LogP) is 2.32. The lowest BCUT2D eigenvalue weighted by Gasteiger charge is -2.12. The number of H-pyrrole nitrogens is 1. The Hall–Kier alpha value is -3.68. The van der Waals surface area contributed by atoms with Crippen LogP contribution < -0.4 is 15.4 Å². The Balaban J connectivity index is 1.80. The molecule has 3 N–H and O–H groups in total. The fraction of sp³-hybridized carbons (Fsp3) is 0.0588. The van der Waals surface area contributed by atoms with Gasteiger partial charge in [0, 0.05) is 11.3 Å². The molecular weight excluding hydrogens is 322 g/mol. The summed E-state index contributed by atoms with van der Waals surface area (Å²) in [5.41, 5.74) is 1.43. The normalized spacial score (nSPS) is 10.1. The van der Waals surface area contributed by atoms with Crippen molar-refractivity contribution >= 4 is 23.2 Å². The van der Waals surface area contributed by atoms with Gasteiger partial charge in [0.15, 0.2) is 0 Å². The summed E-state index contributed by atoms with van der Waals surface area (Å²) in [6, 6.07) is 13.7. The van der Waals surface area contributed by atoms with Crippen LogP contribution in [0.4, 0.5) is 11.4 Å². The van der Waals surface area contributed by atoms with E-state index in [1.54, 1.807) is 42.5 Å². The number of amides is 2. The first-order chi connectivity index (χ1) is 12.2. The summed E-state index contributed by atoms with van der Waals surface area (Å²) in [6.45, 7) is 0. The van der Waals surface area contributed by atoms with E-state index in [9.17, 15) is 9.59 Å². The van der Waals surface area contributed by atoms with Gasteiger partial charge in [0.25, 0.3) is 11.8 Å². The Bertz CT molecular complexity index is 879. The van der Waals surface area contributed by atoms with Crippen molar-refractivity contribution in [2.75, 3.05) is 17.7 Å². The van der Waals surface area contributed by atoms with Gasteiger partial charge in [0.2, 0.25) is 5.82 Å². The van der Waals surface area contributed by atoms with E-state index in [4.69, 9.17) is 4.74 Å². The number of anilines is 2. The lowest BCUT2D eigenvalue weighted by atomic mass is 10.2. The van der Waals surface area contributed by atoms with Gasteiger partial charge in [-0.2, -0.15) is 5.10 Å². The molecule has 126 valence electrons. The average Bonchev–Trinajstić information content (AvgIpc) is 3.17. The van der Waals surface area contributed by atoms with Crippen molar-refractivity contribution in [1.29, 1.82) is 0 Å². The fourth-order valence-corrected chi connectivity index (χ4v) is 2.17. The first-order valence-electron chi connectivity index (χ1n) is 7.38. The summed E-state index contributed by atoms with van der Waals surface area (Å²) in [6.07, 6.45) is 1.24. The van der Waals surface area contributed by atoms with Gasteiger partial charge in [-0.05, 0) is 30.3 Å². The number of hydrogen-bond donors (Lipinski definition) is 3. The van der Waals surface area contributed by atoms with Crippen molar-refractivity contribution in [2.45, 2.75) is 0 Å². The maximum Gasteiger partial charge on any atom is 0.292 e. The highest BCUT2D eigenvalue weighted by Gasteiger charge is 2.13. The van der Waals surface area contributed by atoms with Crippen LogP contribution in [-0.4, -0.2) is 34.1 Å². The number of ether oxygens (including phenoxy) is 1. The topological polar surface area (TPSA) is 109 Å². The molecule has 0 saturated carbocycles. The van der Waals surface area contributed by atoms with Gasteiger partial charge in [0.05, 0.1) is 12.8 Å². The van der Waals surface area contributed by atoms with Crippen molar-refractivity contribution in [3.8, 4) is 5.75 Å². The van der Waals surface area contributed by atoms with Gasteiger partial charge < -0.3 is 15.4 Å². The first kappa shape index (κ1) is 16.2. The van der Waals surface area contributed by atoms with Crippen molar-refractivity contribution in [1.82, 2.24) is 15.2 Å². The van der Waals surface area contributed by atoms with Crippen LogP contribution in [0.25, 0.3) is 0 Å². The van der Waals surface area contributed by atoms with Gasteiger partial charge >= 0.3 is 0 Å². The van der Waals surface area contributed by atoms with E-state index >= 15 is 0 Å². The highest BCUT2D eigenvalue weighted by Crippen LogP contribution is 2.28. The number of carbonyl (C=O) groups is 2. The largest absolute Gasteiger partial charge is 0.495 e. The molecule has 0 aliphatic heterocycles. The summed E-state index contributed by atoms with van der Waals surface area (Å²) in [5.74, 6) is -0.159. The van der Waals surface area contributed by atoms with Crippen molar-refractivity contribution in [3.05, 3.63) is 66.2 Å². The summed E-state index contributed by atoms with van der Waals surface area (Å²) in [7, 11) is 1.50. The lowest BCUT2D eigenvalue weighted by Crippen LogP contribution is -2.15. The minimum Gasteiger partial charge on any atom is -0.495 e. The summed E-state index contributed by atoms with van der Waals surface area (Å²) in [4.78, 5) is 28.1. The monoisotopic (exact) mass is 337 g/mol. The molecule has 0 aliphatic rings. The molecule has 3 rings (SSSR count). The Morgan fingerprint density at radius 1 is 1.04 bits per heavy atom. The molecule has 2 aromatic carbocycles. The van der Waals surface area contributed by atoms with E-state index in [-0.39, 0.29) is 11.7 Å². The number of methoxy groups -OCH3 is 1. The molecule has 1 heterocycles. The standard InChI is InChI=1S/C17H15N5O3/c1-25-14-8-7-12(20-17(24)15-18-10-19-22-15)9-13(14)21-16(23)11-5-3-2-4-6-11/h2-10H,1H3,(H,20,24)(H,21,23)(H,18,19,22). The summed E-state index contributed by atoms with van der Waals surface area (Å²) in [5, 5.41) is 11.6. The van der Waals surface area contributed by atoms with Gasteiger partial charge in [-0.3, -0.25) is 14.7 Å². The van der Waals surface area contributed by atoms with Crippen LogP contribution in [0.15, 0.2) is 54.9 Å². The van der Waals surface area contributed by atoms with Crippen LogP contribution in [0.1, 0.15) is 21.0 Å². The second kappa shape index (κ2) is 7.26. The maximum absolute atomic E-state index is 12.3. The van der Waals surface area contributed by atoms with E-state index in [1.807, 2.05) is 6.07 Å². The van der Waals surface area contributed by atoms with Crippen LogP contribution in [-0.2, 0) is 0 Å². The molecule has 0 atom stereocenters. The zero-order valence-electron chi connectivity index (χ0n) is 13.3. The zero-order valence-corrected chi connectivity index (χ0v) is 13.3. The molecule has 0 aliphatic carbocycles. The number of benzene rings is 2. The number of nitrogens with zero attached hydrogens (tertiary/aromatic N) is 2. The second-order valence-corrected chi connectivity index (χ2v) is 5.02. The second-order valence-electron chi connectivity index (χ2n) is 5.02. The number of aromatic nitrogens is 3. The first-order valence-corrected chi connectivity index (χ1v) is 7.38. The lowest BCUT2D eigenvalue weighted by molar-refractivity contribution is 0.101. The number of carbonyl (C=O) groups excluding carboxylic acids is 2. The third kappa shape index (κ3) is 3.81. The van der Waals surface area contributed by atoms with Crippen molar-refractivity contribution in [3.63, 3.8) is 0 Å². The molecule has 1 aromatic heterocycles. The number of aromatic amines is 1. The van der Waals surface area contributed by atoms with Crippen molar-refractivity contribution < 1.29 is 14.3 Å². The minimum absolute atomic E-state index is 0.0886. The van der Waals surface area contributed by atoms with Crippen LogP contribution >= 0.6 is 0 Å². The molecule has 0 saturated heterocycles. The molecule has 25 heavy (non-hydrogen) atoms. The zero-order chi connectivity index (χ0) is 17.6. The van der Waals surface area contributed by atoms with Gasteiger partial charge in [-0.1, -0.05) is 18.2 Å². The van der Waals surface area contributed by atoms with Crippen LogP contribution in [0.2, 0.25) is 0 Å². The molecule has 2 amide bonds. The summed E-state index contributed by atoms with van der Waals surface area (Å²) >= 11 is 0. The molecule has 0 unspecified atom stereocenters. The molecular formula is C17H15N5O3. The third-order valence-electron chi connectivity index (χ3n) is 3.37. The van der Waals surface area contributed by atoms with E-state index in [2.05, 4.69) is 25.8 Å². The molecule has 8 nitrogen and oxygen atoms in total. The molecule has 0 bridgehead atoms. The SMILES string of the molecule is COc1ccc(NC(=O)c2ncn[nH]2)cc1NC(=O)c1ccccc1. The van der Waals surface area contributed by atoms with Gasteiger partial charge in [0.1, 0.15) is 12.1 Å². The van der Waals surface area contributed by atoms with E-state index in [0.29, 0.717) is 22.7 Å². The molecule has 3 aromatic rings. The smallest absolute Gasteiger partial charge is 0.292 e.